The van der Waals surface area contributed by atoms with Crippen molar-refractivity contribution in [1.82, 2.24) is 4.98 Å². The van der Waals surface area contributed by atoms with Gasteiger partial charge < -0.3 is 10.2 Å². The minimum atomic E-state index is -3.01. The van der Waals surface area contributed by atoms with Crippen LogP contribution in [0.3, 0.4) is 0 Å². The van der Waals surface area contributed by atoms with Gasteiger partial charge in [0.2, 0.25) is 0 Å². The van der Waals surface area contributed by atoms with E-state index >= 15 is 0 Å². The Morgan fingerprint density at radius 2 is 2.07 bits per heavy atom. The van der Waals surface area contributed by atoms with Crippen LogP contribution < -0.4 is 10.2 Å². The lowest BCUT2D eigenvalue weighted by molar-refractivity contribution is 0.102. The van der Waals surface area contributed by atoms with Gasteiger partial charge in [-0.25, -0.2) is 22.2 Å². The predicted molar refractivity (Wildman–Crippen MR) is 98.6 cm³/mol. The predicted octanol–water partition coefficient (Wildman–Crippen LogP) is 2.63. The molecule has 2 heterocycles. The van der Waals surface area contributed by atoms with E-state index in [1.807, 2.05) is 11.8 Å². The lowest BCUT2D eigenvalue weighted by Crippen LogP contribution is -2.36. The molecule has 1 aliphatic heterocycles. The number of carbonyl (C=O) groups excluding carboxylic acids is 1. The Kier molecular flexibility index (Phi) is 5.41. The second-order valence-electron chi connectivity index (χ2n) is 6.32. The van der Waals surface area contributed by atoms with Gasteiger partial charge in [-0.15, -0.1) is 0 Å². The molecule has 144 valence electrons. The molecule has 0 saturated carbocycles. The molecule has 0 bridgehead atoms. The molecule has 3 rings (SSSR count). The van der Waals surface area contributed by atoms with Crippen LogP contribution in [0.4, 0.5) is 20.2 Å². The van der Waals surface area contributed by atoms with Crippen LogP contribution >= 0.6 is 0 Å². The molecule has 0 aliphatic carbocycles. The Hall–Kier alpha value is -2.55. The SMILES string of the molecule is CCN(c1ccc(C(=O)Nc2ccc(F)cc2F)nc1)C1CCS(=O)(=O)C1. The fourth-order valence-corrected chi connectivity index (χ4v) is 4.87. The largest absolute Gasteiger partial charge is 0.367 e. The summed E-state index contributed by atoms with van der Waals surface area (Å²) in [5.41, 5.74) is 0.639. The molecule has 1 amide bonds. The summed E-state index contributed by atoms with van der Waals surface area (Å²) < 4.78 is 50.0. The monoisotopic (exact) mass is 395 g/mol. The maximum atomic E-state index is 13.6. The maximum Gasteiger partial charge on any atom is 0.274 e. The van der Waals surface area contributed by atoms with Crippen molar-refractivity contribution < 1.29 is 22.0 Å². The van der Waals surface area contributed by atoms with Crippen LogP contribution in [-0.2, 0) is 9.84 Å². The Labute approximate surface area is 156 Å². The van der Waals surface area contributed by atoms with Gasteiger partial charge in [-0.2, -0.15) is 0 Å². The van der Waals surface area contributed by atoms with E-state index in [1.165, 1.54) is 12.3 Å². The number of halogens is 2. The first-order chi connectivity index (χ1) is 12.8. The Morgan fingerprint density at radius 1 is 1.30 bits per heavy atom. The number of hydrogen-bond donors (Lipinski definition) is 1. The van der Waals surface area contributed by atoms with Crippen molar-refractivity contribution in [2.75, 3.05) is 28.3 Å². The molecule has 2 aromatic rings. The summed E-state index contributed by atoms with van der Waals surface area (Å²) in [5, 5.41) is 2.35. The number of aromatic nitrogens is 1. The highest BCUT2D eigenvalue weighted by atomic mass is 32.2. The van der Waals surface area contributed by atoms with Crippen LogP contribution in [0, 0.1) is 11.6 Å². The molecule has 1 aliphatic rings. The zero-order chi connectivity index (χ0) is 19.6. The third kappa shape index (κ3) is 4.41. The van der Waals surface area contributed by atoms with Crippen LogP contribution in [-0.4, -0.2) is 43.4 Å². The van der Waals surface area contributed by atoms with Crippen molar-refractivity contribution in [3.63, 3.8) is 0 Å². The Morgan fingerprint density at radius 3 is 2.63 bits per heavy atom. The van der Waals surface area contributed by atoms with Gasteiger partial charge in [0.05, 0.1) is 29.1 Å². The van der Waals surface area contributed by atoms with Crippen LogP contribution in [0.25, 0.3) is 0 Å². The van der Waals surface area contributed by atoms with Gasteiger partial charge in [0, 0.05) is 18.7 Å². The summed E-state index contributed by atoms with van der Waals surface area (Å²) in [6, 6.07) is 5.91. The van der Waals surface area contributed by atoms with Crippen molar-refractivity contribution in [1.29, 1.82) is 0 Å². The first kappa shape index (κ1) is 19.2. The van der Waals surface area contributed by atoms with Gasteiger partial charge in [-0.1, -0.05) is 0 Å². The highest BCUT2D eigenvalue weighted by molar-refractivity contribution is 7.91. The molecule has 1 atom stereocenters. The molecule has 1 N–H and O–H groups in total. The quantitative estimate of drug-likeness (QED) is 0.842. The van der Waals surface area contributed by atoms with E-state index in [0.717, 1.165) is 12.1 Å². The van der Waals surface area contributed by atoms with Gasteiger partial charge in [-0.05, 0) is 37.6 Å². The van der Waals surface area contributed by atoms with Crippen molar-refractivity contribution in [3.05, 3.63) is 53.9 Å². The zero-order valence-electron chi connectivity index (χ0n) is 14.7. The fraction of sp³-hybridized carbons (Fsp3) is 0.333. The summed E-state index contributed by atoms with van der Waals surface area (Å²) in [5.74, 6) is -1.96. The first-order valence-corrected chi connectivity index (χ1v) is 10.3. The van der Waals surface area contributed by atoms with Gasteiger partial charge in [0.25, 0.3) is 5.91 Å². The van der Waals surface area contributed by atoms with E-state index in [4.69, 9.17) is 0 Å². The van der Waals surface area contributed by atoms with E-state index in [2.05, 4.69) is 10.3 Å². The number of anilines is 2. The standard InChI is InChI=1S/C18H19F2N3O3S/c1-2-23(14-7-8-27(25,26)11-14)13-4-6-17(21-10-13)18(24)22-16-5-3-12(19)9-15(16)20/h3-6,9-10,14H,2,7-8,11H2,1H3,(H,22,24). The molecule has 0 spiro atoms. The normalized spacial score (nSPS) is 18.3. The smallest absolute Gasteiger partial charge is 0.274 e. The number of rotatable bonds is 5. The van der Waals surface area contributed by atoms with E-state index in [0.29, 0.717) is 24.7 Å². The highest BCUT2D eigenvalue weighted by Crippen LogP contribution is 2.24. The number of pyridine rings is 1. The van der Waals surface area contributed by atoms with Crippen LogP contribution in [0.2, 0.25) is 0 Å². The molecule has 1 aromatic heterocycles. The lowest BCUT2D eigenvalue weighted by Gasteiger charge is -2.28. The second-order valence-corrected chi connectivity index (χ2v) is 8.55. The summed E-state index contributed by atoms with van der Waals surface area (Å²) in [6.07, 6.45) is 2.05. The fourth-order valence-electron chi connectivity index (χ4n) is 3.14. The maximum absolute atomic E-state index is 13.6. The highest BCUT2D eigenvalue weighted by Gasteiger charge is 2.32. The van der Waals surface area contributed by atoms with E-state index < -0.39 is 27.4 Å². The molecule has 6 nitrogen and oxygen atoms in total. The van der Waals surface area contributed by atoms with Crippen LogP contribution in [0.15, 0.2) is 36.5 Å². The van der Waals surface area contributed by atoms with Crippen molar-refractivity contribution >= 4 is 27.1 Å². The number of nitrogens with zero attached hydrogens (tertiary/aromatic N) is 2. The van der Waals surface area contributed by atoms with E-state index in [-0.39, 0.29) is 28.9 Å². The number of sulfone groups is 1. The number of carbonyl (C=O) groups is 1. The summed E-state index contributed by atoms with van der Waals surface area (Å²) >= 11 is 0. The average molecular weight is 395 g/mol. The Balaban J connectivity index is 1.73. The molecule has 9 heteroatoms. The number of amides is 1. The summed E-state index contributed by atoms with van der Waals surface area (Å²) in [4.78, 5) is 18.3. The van der Waals surface area contributed by atoms with Gasteiger partial charge >= 0.3 is 0 Å². The molecule has 1 fully saturated rings. The summed E-state index contributed by atoms with van der Waals surface area (Å²) in [7, 11) is -3.01. The third-order valence-corrected chi connectivity index (χ3v) is 6.23. The number of hydrogen-bond acceptors (Lipinski definition) is 5. The molecule has 1 aromatic carbocycles. The van der Waals surface area contributed by atoms with Crippen molar-refractivity contribution in [2.45, 2.75) is 19.4 Å². The molecular formula is C18H19F2N3O3S. The van der Waals surface area contributed by atoms with Gasteiger partial charge in [0.15, 0.2) is 9.84 Å². The lowest BCUT2D eigenvalue weighted by atomic mass is 10.2. The minimum Gasteiger partial charge on any atom is -0.367 e. The number of nitrogens with one attached hydrogen (secondary N) is 1. The molecule has 1 unspecified atom stereocenters. The second kappa shape index (κ2) is 7.59. The van der Waals surface area contributed by atoms with Crippen LogP contribution in [0.5, 0.6) is 0 Å². The Bertz CT molecular complexity index is 949. The van der Waals surface area contributed by atoms with Gasteiger partial charge in [0.1, 0.15) is 17.3 Å². The van der Waals surface area contributed by atoms with E-state index in [9.17, 15) is 22.0 Å². The molecule has 1 saturated heterocycles. The number of benzene rings is 1. The summed E-state index contributed by atoms with van der Waals surface area (Å²) in [6.45, 7) is 2.52. The molecule has 0 radical (unpaired) electrons. The van der Waals surface area contributed by atoms with Crippen molar-refractivity contribution in [3.8, 4) is 0 Å². The first-order valence-electron chi connectivity index (χ1n) is 8.48. The third-order valence-electron chi connectivity index (χ3n) is 4.48. The zero-order valence-corrected chi connectivity index (χ0v) is 15.5. The van der Waals surface area contributed by atoms with Crippen molar-refractivity contribution in [2.24, 2.45) is 0 Å². The van der Waals surface area contributed by atoms with E-state index in [1.54, 1.807) is 6.07 Å². The van der Waals surface area contributed by atoms with Gasteiger partial charge in [-0.3, -0.25) is 4.79 Å². The van der Waals surface area contributed by atoms with Crippen LogP contribution in [0.1, 0.15) is 23.8 Å². The average Bonchev–Trinajstić information content (AvgIpc) is 2.98. The molecular weight excluding hydrogens is 376 g/mol. The minimum absolute atomic E-state index is 0.0672. The topological polar surface area (TPSA) is 79.4 Å². The molecule has 27 heavy (non-hydrogen) atoms.